The first-order chi connectivity index (χ1) is 12.0. The largest absolute Gasteiger partial charge is 0.390 e. The quantitative estimate of drug-likeness (QED) is 0.159. The molecule has 2 amide bonds. The van der Waals surface area contributed by atoms with Crippen molar-refractivity contribution in [3.05, 3.63) is 0 Å². The summed E-state index contributed by atoms with van der Waals surface area (Å²) in [5, 5.41) is 27.0. The number of carbonyl (C=O) groups is 2. The lowest BCUT2D eigenvalue weighted by atomic mass is 10.1. The number of aliphatic hydroxyl groups is 1. The van der Waals surface area contributed by atoms with Gasteiger partial charge in [0.05, 0.1) is 18.2 Å². The van der Waals surface area contributed by atoms with Crippen molar-refractivity contribution in [1.29, 1.82) is 0 Å². The second-order valence-electron chi connectivity index (χ2n) is 5.98. The van der Waals surface area contributed by atoms with Gasteiger partial charge in [0, 0.05) is 26.2 Å². The molecule has 3 atom stereocenters. The maximum atomic E-state index is 12.1. The van der Waals surface area contributed by atoms with E-state index >= 15 is 0 Å². The van der Waals surface area contributed by atoms with Gasteiger partial charge >= 0.3 is 0 Å². The molecule has 148 valence electrons. The lowest BCUT2D eigenvalue weighted by Gasteiger charge is -2.18. The fourth-order valence-corrected chi connectivity index (χ4v) is 2.39. The SMILES string of the molecule is CNCC(O)CNC(=O)[C@H](CCCCNC(=O)[C@H](CNC)NC)NC. The third kappa shape index (κ3) is 11.1. The molecule has 0 saturated carbocycles. The molecule has 0 fully saturated rings. The number of carbonyl (C=O) groups excluding carboxylic acids is 2. The standard InChI is InChI=1S/C16H36N6O3/c1-17-9-12(23)10-22-15(24)13(19-3)7-5-6-8-21-16(25)14(20-4)11-18-2/h12-14,17-20,23H,5-11H2,1-4H3,(H,21,25)(H,22,24)/t12?,13-,14-/m0/s1. The number of aliphatic hydroxyl groups excluding tert-OH is 1. The van der Waals surface area contributed by atoms with Crippen LogP contribution in [0.5, 0.6) is 0 Å². The number of unbranched alkanes of at least 4 members (excludes halogenated alkanes) is 1. The van der Waals surface area contributed by atoms with E-state index in [0.717, 1.165) is 12.8 Å². The summed E-state index contributed by atoms with van der Waals surface area (Å²) in [5.74, 6) is -0.149. The van der Waals surface area contributed by atoms with E-state index in [9.17, 15) is 14.7 Å². The van der Waals surface area contributed by atoms with E-state index in [1.165, 1.54) is 0 Å². The van der Waals surface area contributed by atoms with Gasteiger partial charge in [-0.15, -0.1) is 0 Å². The number of likely N-dealkylation sites (N-methyl/N-ethyl adjacent to an activating group) is 4. The van der Waals surface area contributed by atoms with Crippen LogP contribution in [0.25, 0.3) is 0 Å². The first kappa shape index (κ1) is 23.7. The molecule has 0 aromatic rings. The first-order valence-electron chi connectivity index (χ1n) is 8.87. The highest BCUT2D eigenvalue weighted by Gasteiger charge is 2.17. The molecule has 0 rings (SSSR count). The van der Waals surface area contributed by atoms with Crippen LogP contribution in [0.3, 0.4) is 0 Å². The Kier molecular flexibility index (Phi) is 14.3. The third-order valence-corrected chi connectivity index (χ3v) is 3.91. The monoisotopic (exact) mass is 360 g/mol. The maximum absolute atomic E-state index is 12.1. The Hall–Kier alpha value is -1.26. The molecular formula is C16H36N6O3. The molecule has 0 bridgehead atoms. The summed E-state index contributed by atoms with van der Waals surface area (Å²) in [5.41, 5.74) is 0. The number of rotatable bonds is 15. The van der Waals surface area contributed by atoms with Gasteiger partial charge in [0.1, 0.15) is 0 Å². The summed E-state index contributed by atoms with van der Waals surface area (Å²) < 4.78 is 0. The van der Waals surface area contributed by atoms with Gasteiger partial charge in [-0.05, 0) is 47.5 Å². The number of nitrogens with one attached hydrogen (secondary N) is 6. The van der Waals surface area contributed by atoms with Crippen LogP contribution in [0.15, 0.2) is 0 Å². The molecule has 25 heavy (non-hydrogen) atoms. The minimum absolute atomic E-state index is 0.0294. The van der Waals surface area contributed by atoms with Crippen molar-refractivity contribution in [2.24, 2.45) is 0 Å². The molecule has 9 heteroatoms. The van der Waals surface area contributed by atoms with Crippen LogP contribution < -0.4 is 31.9 Å². The zero-order chi connectivity index (χ0) is 19.1. The highest BCUT2D eigenvalue weighted by atomic mass is 16.3. The van der Waals surface area contributed by atoms with Gasteiger partial charge in [-0.25, -0.2) is 0 Å². The molecule has 7 N–H and O–H groups in total. The Labute approximate surface area is 151 Å². The Morgan fingerprint density at radius 3 is 1.96 bits per heavy atom. The second kappa shape index (κ2) is 15.0. The molecule has 0 heterocycles. The van der Waals surface area contributed by atoms with E-state index in [1.54, 1.807) is 28.2 Å². The number of amides is 2. The molecule has 0 aromatic heterocycles. The van der Waals surface area contributed by atoms with E-state index in [2.05, 4.69) is 31.9 Å². The van der Waals surface area contributed by atoms with Crippen LogP contribution in [-0.2, 0) is 9.59 Å². The van der Waals surface area contributed by atoms with Crippen molar-refractivity contribution < 1.29 is 14.7 Å². The van der Waals surface area contributed by atoms with Crippen LogP contribution in [0.2, 0.25) is 0 Å². The van der Waals surface area contributed by atoms with Gasteiger partial charge in [-0.1, -0.05) is 0 Å². The second-order valence-corrected chi connectivity index (χ2v) is 5.98. The van der Waals surface area contributed by atoms with E-state index in [1.807, 2.05) is 0 Å². The van der Waals surface area contributed by atoms with Gasteiger partial charge in [0.15, 0.2) is 0 Å². The van der Waals surface area contributed by atoms with Crippen molar-refractivity contribution in [2.75, 3.05) is 54.4 Å². The van der Waals surface area contributed by atoms with Crippen LogP contribution >= 0.6 is 0 Å². The third-order valence-electron chi connectivity index (χ3n) is 3.91. The summed E-state index contributed by atoms with van der Waals surface area (Å²) in [6, 6.07) is -0.545. The first-order valence-corrected chi connectivity index (χ1v) is 8.87. The summed E-state index contributed by atoms with van der Waals surface area (Å²) in [4.78, 5) is 24.0. The predicted molar refractivity (Wildman–Crippen MR) is 99.4 cm³/mol. The lowest BCUT2D eigenvalue weighted by molar-refractivity contribution is -0.124. The van der Waals surface area contributed by atoms with Gasteiger partial charge in [0.2, 0.25) is 11.8 Å². The Balaban J connectivity index is 3.96. The summed E-state index contributed by atoms with van der Waals surface area (Å²) >= 11 is 0. The summed E-state index contributed by atoms with van der Waals surface area (Å²) in [6.45, 7) is 1.82. The Morgan fingerprint density at radius 2 is 1.40 bits per heavy atom. The molecule has 0 spiro atoms. The van der Waals surface area contributed by atoms with Crippen molar-refractivity contribution in [3.8, 4) is 0 Å². The number of hydrogen-bond donors (Lipinski definition) is 7. The van der Waals surface area contributed by atoms with E-state index in [0.29, 0.717) is 26.1 Å². The van der Waals surface area contributed by atoms with Crippen molar-refractivity contribution in [1.82, 2.24) is 31.9 Å². The molecule has 0 saturated heterocycles. The fraction of sp³-hybridized carbons (Fsp3) is 0.875. The molecule has 0 aliphatic heterocycles. The van der Waals surface area contributed by atoms with E-state index in [-0.39, 0.29) is 30.4 Å². The summed E-state index contributed by atoms with van der Waals surface area (Å²) in [6.07, 6.45) is 1.69. The van der Waals surface area contributed by atoms with E-state index in [4.69, 9.17) is 0 Å². The van der Waals surface area contributed by atoms with Crippen LogP contribution in [0.1, 0.15) is 19.3 Å². The van der Waals surface area contributed by atoms with Gasteiger partial charge in [-0.2, -0.15) is 0 Å². The lowest BCUT2D eigenvalue weighted by Crippen LogP contribution is -2.48. The highest BCUT2D eigenvalue weighted by Crippen LogP contribution is 2.01. The van der Waals surface area contributed by atoms with Gasteiger partial charge in [0.25, 0.3) is 0 Å². The maximum Gasteiger partial charge on any atom is 0.238 e. The molecule has 0 aromatic carbocycles. The fourth-order valence-electron chi connectivity index (χ4n) is 2.39. The minimum Gasteiger partial charge on any atom is -0.390 e. The minimum atomic E-state index is -0.598. The average molecular weight is 361 g/mol. The van der Waals surface area contributed by atoms with Crippen molar-refractivity contribution in [3.63, 3.8) is 0 Å². The molecule has 0 aliphatic carbocycles. The van der Waals surface area contributed by atoms with Crippen LogP contribution in [0, 0.1) is 0 Å². The van der Waals surface area contributed by atoms with Gasteiger partial charge < -0.3 is 37.0 Å². The Bertz CT molecular complexity index is 370. The zero-order valence-electron chi connectivity index (χ0n) is 15.9. The van der Waals surface area contributed by atoms with Crippen molar-refractivity contribution >= 4 is 11.8 Å². The van der Waals surface area contributed by atoms with E-state index < -0.39 is 6.10 Å². The van der Waals surface area contributed by atoms with Crippen molar-refractivity contribution in [2.45, 2.75) is 37.5 Å². The molecular weight excluding hydrogens is 324 g/mol. The normalized spacial score (nSPS) is 14.6. The molecule has 1 unspecified atom stereocenters. The topological polar surface area (TPSA) is 127 Å². The zero-order valence-corrected chi connectivity index (χ0v) is 15.9. The molecule has 0 radical (unpaired) electrons. The highest BCUT2D eigenvalue weighted by molar-refractivity contribution is 5.82. The van der Waals surface area contributed by atoms with Crippen LogP contribution in [0.4, 0.5) is 0 Å². The molecule has 0 aliphatic rings. The predicted octanol–water partition coefficient (Wildman–Crippen LogP) is -2.64. The summed E-state index contributed by atoms with van der Waals surface area (Å²) in [7, 11) is 7.05. The number of hydrogen-bond acceptors (Lipinski definition) is 7. The molecule has 9 nitrogen and oxygen atoms in total. The Morgan fingerprint density at radius 1 is 0.800 bits per heavy atom. The van der Waals surface area contributed by atoms with Crippen LogP contribution in [-0.4, -0.2) is 89.5 Å². The smallest absolute Gasteiger partial charge is 0.238 e. The van der Waals surface area contributed by atoms with Gasteiger partial charge in [-0.3, -0.25) is 9.59 Å². The average Bonchev–Trinajstić information content (AvgIpc) is 2.60.